The first-order chi connectivity index (χ1) is 13.0. The molecule has 1 aromatic heterocycles. The van der Waals surface area contributed by atoms with E-state index < -0.39 is 5.60 Å². The predicted molar refractivity (Wildman–Crippen MR) is 111 cm³/mol. The van der Waals surface area contributed by atoms with Crippen molar-refractivity contribution in [3.63, 3.8) is 0 Å². The van der Waals surface area contributed by atoms with Crippen LogP contribution in [-0.4, -0.2) is 65.0 Å². The maximum atomic E-state index is 10.7. The van der Waals surface area contributed by atoms with Crippen molar-refractivity contribution in [3.8, 4) is 0 Å². The standard InChI is InChI=1S/C20H38N6O/c1-4-21-19(23-17-20(2,27)18-15-24-25(3)16-18)22-11-7-5-8-12-26-13-9-6-10-14-26/h15-16,27H,4-14,17H2,1-3H3,(H2,21,22,23). The molecule has 0 aromatic carbocycles. The second-order valence-corrected chi connectivity index (χ2v) is 7.76. The van der Waals surface area contributed by atoms with E-state index in [1.807, 2.05) is 13.2 Å². The van der Waals surface area contributed by atoms with Crippen molar-refractivity contribution in [1.29, 1.82) is 0 Å². The molecule has 0 bridgehead atoms. The number of likely N-dealkylation sites (tertiary alicyclic amines) is 1. The van der Waals surface area contributed by atoms with E-state index in [0.717, 1.165) is 31.0 Å². The molecule has 2 rings (SSSR count). The molecule has 1 fully saturated rings. The number of guanidine groups is 1. The van der Waals surface area contributed by atoms with Crippen molar-refractivity contribution in [2.24, 2.45) is 12.0 Å². The highest BCUT2D eigenvalue weighted by Crippen LogP contribution is 2.19. The molecular weight excluding hydrogens is 340 g/mol. The van der Waals surface area contributed by atoms with Crippen LogP contribution in [0, 0.1) is 0 Å². The molecule has 1 atom stereocenters. The zero-order chi connectivity index (χ0) is 19.5. The Kier molecular flexibility index (Phi) is 9.07. The van der Waals surface area contributed by atoms with Crippen LogP contribution in [0.1, 0.15) is 57.9 Å². The molecule has 1 saturated heterocycles. The van der Waals surface area contributed by atoms with Gasteiger partial charge in [-0.3, -0.25) is 4.68 Å². The van der Waals surface area contributed by atoms with E-state index in [1.165, 1.54) is 51.7 Å². The number of nitrogens with zero attached hydrogens (tertiary/aromatic N) is 4. The lowest BCUT2D eigenvalue weighted by Gasteiger charge is -2.26. The normalized spacial score (nSPS) is 18.3. The fraction of sp³-hybridized carbons (Fsp3) is 0.800. The van der Waals surface area contributed by atoms with Gasteiger partial charge in [-0.05, 0) is 59.2 Å². The highest BCUT2D eigenvalue weighted by molar-refractivity contribution is 5.79. The van der Waals surface area contributed by atoms with Crippen LogP contribution < -0.4 is 10.6 Å². The summed E-state index contributed by atoms with van der Waals surface area (Å²) in [7, 11) is 1.85. The molecule has 2 heterocycles. The minimum atomic E-state index is -1.02. The molecule has 0 aliphatic carbocycles. The van der Waals surface area contributed by atoms with E-state index >= 15 is 0 Å². The number of aliphatic imine (C=N–C) groups is 1. The van der Waals surface area contributed by atoms with Gasteiger partial charge in [-0.15, -0.1) is 0 Å². The number of rotatable bonds is 10. The van der Waals surface area contributed by atoms with Gasteiger partial charge < -0.3 is 20.6 Å². The average Bonchev–Trinajstić information content (AvgIpc) is 3.11. The molecule has 3 N–H and O–H groups in total. The molecule has 1 unspecified atom stereocenters. The van der Waals surface area contributed by atoms with Gasteiger partial charge in [0.2, 0.25) is 0 Å². The molecule has 0 radical (unpaired) electrons. The number of unbranched alkanes of at least 4 members (excludes halogenated alkanes) is 2. The fourth-order valence-corrected chi connectivity index (χ4v) is 3.39. The van der Waals surface area contributed by atoms with E-state index in [1.54, 1.807) is 17.8 Å². The third-order valence-electron chi connectivity index (χ3n) is 5.11. The molecule has 0 amide bonds. The molecule has 1 aliphatic rings. The third kappa shape index (κ3) is 7.89. The summed E-state index contributed by atoms with van der Waals surface area (Å²) in [4.78, 5) is 7.16. The minimum Gasteiger partial charge on any atom is -0.383 e. The zero-order valence-corrected chi connectivity index (χ0v) is 17.4. The molecular formula is C20H38N6O. The van der Waals surface area contributed by atoms with Gasteiger partial charge in [0.15, 0.2) is 5.96 Å². The van der Waals surface area contributed by atoms with E-state index in [9.17, 15) is 5.11 Å². The van der Waals surface area contributed by atoms with Gasteiger partial charge in [0.1, 0.15) is 5.60 Å². The summed E-state index contributed by atoms with van der Waals surface area (Å²) in [6, 6.07) is 0. The van der Waals surface area contributed by atoms with Crippen LogP contribution in [0.2, 0.25) is 0 Å². The average molecular weight is 379 g/mol. The Labute approximate surface area is 164 Å². The first-order valence-electron chi connectivity index (χ1n) is 10.5. The first-order valence-corrected chi connectivity index (χ1v) is 10.5. The second-order valence-electron chi connectivity index (χ2n) is 7.76. The molecule has 0 saturated carbocycles. The van der Waals surface area contributed by atoms with Crippen LogP contribution in [0.4, 0.5) is 0 Å². The lowest BCUT2D eigenvalue weighted by atomic mass is 10.0. The van der Waals surface area contributed by atoms with Crippen molar-refractivity contribution in [2.45, 2.75) is 58.0 Å². The Morgan fingerprint density at radius 3 is 2.67 bits per heavy atom. The molecule has 1 aliphatic heterocycles. The Balaban J connectivity index is 1.68. The van der Waals surface area contributed by atoms with Crippen LogP contribution in [0.25, 0.3) is 0 Å². The summed E-state index contributed by atoms with van der Waals surface area (Å²) in [6.07, 6.45) is 11.3. The highest BCUT2D eigenvalue weighted by atomic mass is 16.3. The highest BCUT2D eigenvalue weighted by Gasteiger charge is 2.24. The number of aliphatic hydroxyl groups is 1. The van der Waals surface area contributed by atoms with Gasteiger partial charge in [0, 0.05) is 31.9 Å². The van der Waals surface area contributed by atoms with Crippen molar-refractivity contribution >= 4 is 5.96 Å². The quantitative estimate of drug-likeness (QED) is 0.329. The minimum absolute atomic E-state index is 0.295. The van der Waals surface area contributed by atoms with Crippen LogP contribution >= 0.6 is 0 Å². The van der Waals surface area contributed by atoms with Gasteiger partial charge in [-0.1, -0.05) is 12.8 Å². The summed E-state index contributed by atoms with van der Waals surface area (Å²) in [5, 5.41) is 21.4. The smallest absolute Gasteiger partial charge is 0.191 e. The van der Waals surface area contributed by atoms with Crippen molar-refractivity contribution in [3.05, 3.63) is 18.0 Å². The molecule has 154 valence electrons. The molecule has 27 heavy (non-hydrogen) atoms. The van der Waals surface area contributed by atoms with E-state index in [2.05, 4.69) is 32.5 Å². The second kappa shape index (κ2) is 11.3. The summed E-state index contributed by atoms with van der Waals surface area (Å²) in [6.45, 7) is 9.63. The van der Waals surface area contributed by atoms with Crippen LogP contribution in [-0.2, 0) is 12.6 Å². The lowest BCUT2D eigenvalue weighted by Crippen LogP contribution is -2.39. The summed E-state index contributed by atoms with van der Waals surface area (Å²) in [5.74, 6) is 0.762. The topological polar surface area (TPSA) is 77.7 Å². The summed E-state index contributed by atoms with van der Waals surface area (Å²) >= 11 is 0. The zero-order valence-electron chi connectivity index (χ0n) is 17.4. The number of aromatic nitrogens is 2. The summed E-state index contributed by atoms with van der Waals surface area (Å²) < 4.78 is 1.70. The van der Waals surface area contributed by atoms with Gasteiger partial charge >= 0.3 is 0 Å². The number of hydrogen-bond acceptors (Lipinski definition) is 4. The maximum absolute atomic E-state index is 10.7. The first kappa shape index (κ1) is 21.7. The van der Waals surface area contributed by atoms with E-state index in [0.29, 0.717) is 6.54 Å². The Morgan fingerprint density at radius 1 is 1.22 bits per heavy atom. The number of nitrogens with one attached hydrogen (secondary N) is 2. The number of aryl methyl sites for hydroxylation is 1. The molecule has 0 spiro atoms. The molecule has 1 aromatic rings. The van der Waals surface area contributed by atoms with E-state index in [4.69, 9.17) is 0 Å². The van der Waals surface area contributed by atoms with Gasteiger partial charge in [0.05, 0.1) is 12.7 Å². The number of piperidine rings is 1. The van der Waals surface area contributed by atoms with Crippen molar-refractivity contribution < 1.29 is 5.11 Å². The van der Waals surface area contributed by atoms with Crippen LogP contribution in [0.3, 0.4) is 0 Å². The van der Waals surface area contributed by atoms with E-state index in [-0.39, 0.29) is 0 Å². The third-order valence-corrected chi connectivity index (χ3v) is 5.11. The monoisotopic (exact) mass is 378 g/mol. The Morgan fingerprint density at radius 2 is 2.00 bits per heavy atom. The maximum Gasteiger partial charge on any atom is 0.191 e. The van der Waals surface area contributed by atoms with Crippen molar-refractivity contribution in [2.75, 3.05) is 39.3 Å². The van der Waals surface area contributed by atoms with Gasteiger partial charge in [-0.25, -0.2) is 4.99 Å². The predicted octanol–water partition coefficient (Wildman–Crippen LogP) is 1.84. The fourth-order valence-electron chi connectivity index (χ4n) is 3.39. The Hall–Kier alpha value is -1.60. The molecule has 7 heteroatoms. The lowest BCUT2D eigenvalue weighted by molar-refractivity contribution is 0.0672. The molecule has 7 nitrogen and oxygen atoms in total. The van der Waals surface area contributed by atoms with Gasteiger partial charge in [-0.2, -0.15) is 5.10 Å². The Bertz CT molecular complexity index is 563. The van der Waals surface area contributed by atoms with Crippen LogP contribution in [0.15, 0.2) is 17.4 Å². The van der Waals surface area contributed by atoms with Crippen molar-refractivity contribution in [1.82, 2.24) is 25.3 Å². The number of hydrogen-bond donors (Lipinski definition) is 3. The van der Waals surface area contributed by atoms with Crippen LogP contribution in [0.5, 0.6) is 0 Å². The SMILES string of the molecule is CCNC(=NCC(C)(O)c1cnn(C)c1)NCCCCCN1CCCCC1. The van der Waals surface area contributed by atoms with Gasteiger partial charge in [0.25, 0.3) is 0 Å². The largest absolute Gasteiger partial charge is 0.383 e. The summed E-state index contributed by atoms with van der Waals surface area (Å²) in [5.41, 5.74) is -0.243.